The summed E-state index contributed by atoms with van der Waals surface area (Å²) in [6.07, 6.45) is 0.00489. The number of hydrogen-bond donors (Lipinski definition) is 0. The quantitative estimate of drug-likeness (QED) is 0.567. The topological polar surface area (TPSA) is 59.1 Å². The fourth-order valence-electron chi connectivity index (χ4n) is 4.51. The number of nitrogens with zero attached hydrogens (tertiary/aromatic N) is 2. The van der Waals surface area contributed by atoms with Gasteiger partial charge in [0.25, 0.3) is 5.91 Å². The predicted molar refractivity (Wildman–Crippen MR) is 121 cm³/mol. The van der Waals surface area contributed by atoms with E-state index >= 15 is 0 Å². The van der Waals surface area contributed by atoms with Crippen molar-refractivity contribution in [2.45, 2.75) is 25.5 Å². The van der Waals surface area contributed by atoms with Crippen LogP contribution in [0.1, 0.15) is 24.1 Å². The highest BCUT2D eigenvalue weighted by atomic mass is 16.7. The van der Waals surface area contributed by atoms with E-state index in [-0.39, 0.29) is 11.8 Å². The van der Waals surface area contributed by atoms with Gasteiger partial charge in [-0.15, -0.1) is 0 Å². The Kier molecular flexibility index (Phi) is 5.15. The predicted octanol–water partition coefficient (Wildman–Crippen LogP) is 4.31. The molecule has 6 nitrogen and oxygen atoms in total. The lowest BCUT2D eigenvalue weighted by Gasteiger charge is -2.29. The lowest BCUT2D eigenvalue weighted by atomic mass is 9.90. The molecule has 2 fully saturated rings. The summed E-state index contributed by atoms with van der Waals surface area (Å²) in [5.74, 6) is -0.575. The molecule has 0 spiro atoms. The van der Waals surface area contributed by atoms with Crippen LogP contribution in [-0.2, 0) is 20.8 Å². The summed E-state index contributed by atoms with van der Waals surface area (Å²) in [6, 6.07) is 24.2. The van der Waals surface area contributed by atoms with Crippen molar-refractivity contribution in [2.75, 3.05) is 17.1 Å². The summed E-state index contributed by atoms with van der Waals surface area (Å²) in [5, 5.41) is 1.69. The van der Waals surface area contributed by atoms with Crippen LogP contribution >= 0.6 is 0 Å². The van der Waals surface area contributed by atoms with Crippen molar-refractivity contribution in [3.05, 3.63) is 90.0 Å². The highest BCUT2D eigenvalue weighted by Crippen LogP contribution is 2.47. The van der Waals surface area contributed by atoms with Crippen molar-refractivity contribution in [3.63, 3.8) is 0 Å². The summed E-state index contributed by atoms with van der Waals surface area (Å²) in [4.78, 5) is 34.4. The summed E-state index contributed by atoms with van der Waals surface area (Å²) < 4.78 is 5.41. The third-order valence-corrected chi connectivity index (χ3v) is 6.16. The van der Waals surface area contributed by atoms with E-state index in [0.29, 0.717) is 11.4 Å². The molecule has 2 saturated heterocycles. The van der Waals surface area contributed by atoms with Gasteiger partial charge in [0.15, 0.2) is 6.10 Å². The van der Waals surface area contributed by atoms with E-state index in [2.05, 4.69) is 6.92 Å². The average molecular weight is 428 g/mol. The SMILES string of the molecule is CCc1ccc(N2C(=O)[C@@H]3[C@H](ON(c4ccccc4)[C@@H]3c3cccc(OC)c3)C2=O)cc1. The van der Waals surface area contributed by atoms with Crippen LogP contribution < -0.4 is 14.7 Å². The zero-order chi connectivity index (χ0) is 22.2. The minimum Gasteiger partial charge on any atom is -0.497 e. The van der Waals surface area contributed by atoms with E-state index in [1.54, 1.807) is 12.2 Å². The number of carbonyl (C=O) groups excluding carboxylic acids is 2. The van der Waals surface area contributed by atoms with Gasteiger partial charge in [-0.25, -0.2) is 9.96 Å². The van der Waals surface area contributed by atoms with Crippen molar-refractivity contribution in [1.29, 1.82) is 0 Å². The molecule has 32 heavy (non-hydrogen) atoms. The number of hydrogen-bond acceptors (Lipinski definition) is 5. The first-order chi connectivity index (χ1) is 15.6. The molecule has 0 unspecified atom stereocenters. The summed E-state index contributed by atoms with van der Waals surface area (Å²) in [6.45, 7) is 2.07. The molecule has 0 aliphatic carbocycles. The number of benzene rings is 3. The fourth-order valence-corrected chi connectivity index (χ4v) is 4.51. The molecule has 2 aliphatic heterocycles. The first-order valence-corrected chi connectivity index (χ1v) is 10.7. The smallest absolute Gasteiger partial charge is 0.266 e. The Hall–Kier alpha value is -3.64. The molecule has 2 aliphatic rings. The molecule has 2 heterocycles. The molecule has 0 saturated carbocycles. The third kappa shape index (κ3) is 3.24. The molecule has 3 atom stereocenters. The summed E-state index contributed by atoms with van der Waals surface area (Å²) in [7, 11) is 1.61. The molecule has 3 aromatic carbocycles. The van der Waals surface area contributed by atoms with E-state index in [1.165, 1.54) is 4.90 Å². The minimum absolute atomic E-state index is 0.254. The van der Waals surface area contributed by atoms with Crippen LogP contribution in [0.15, 0.2) is 78.9 Å². The molecule has 0 aromatic heterocycles. The number of anilines is 2. The number of carbonyl (C=O) groups is 2. The Morgan fingerprint density at radius 3 is 2.31 bits per heavy atom. The van der Waals surface area contributed by atoms with E-state index in [9.17, 15) is 9.59 Å². The monoisotopic (exact) mass is 428 g/mol. The Morgan fingerprint density at radius 1 is 0.875 bits per heavy atom. The molecule has 2 amide bonds. The van der Waals surface area contributed by atoms with Crippen LogP contribution in [0.3, 0.4) is 0 Å². The van der Waals surface area contributed by atoms with Gasteiger partial charge in [0.1, 0.15) is 11.7 Å². The van der Waals surface area contributed by atoms with Crippen molar-refractivity contribution in [2.24, 2.45) is 5.92 Å². The van der Waals surface area contributed by atoms with Gasteiger partial charge >= 0.3 is 0 Å². The Balaban J connectivity index is 1.57. The van der Waals surface area contributed by atoms with Crippen LogP contribution in [0.25, 0.3) is 0 Å². The Labute approximate surface area is 186 Å². The second kappa shape index (κ2) is 8.13. The highest BCUT2D eigenvalue weighted by molar-refractivity contribution is 6.23. The number of para-hydroxylation sites is 1. The van der Waals surface area contributed by atoms with Gasteiger partial charge in [-0.3, -0.25) is 14.4 Å². The molecular weight excluding hydrogens is 404 g/mol. The molecule has 3 aromatic rings. The summed E-state index contributed by atoms with van der Waals surface area (Å²) in [5.41, 5.74) is 3.36. The van der Waals surface area contributed by atoms with Gasteiger partial charge in [-0.1, -0.05) is 49.4 Å². The number of aryl methyl sites for hydroxylation is 1. The molecule has 162 valence electrons. The average Bonchev–Trinajstić information content (AvgIpc) is 3.36. The largest absolute Gasteiger partial charge is 0.497 e. The number of imide groups is 1. The van der Waals surface area contributed by atoms with Gasteiger partial charge in [-0.2, -0.15) is 0 Å². The normalized spacial score (nSPS) is 22.4. The zero-order valence-electron chi connectivity index (χ0n) is 18.0. The highest BCUT2D eigenvalue weighted by Gasteiger charge is 2.60. The van der Waals surface area contributed by atoms with Crippen LogP contribution in [-0.4, -0.2) is 25.0 Å². The molecule has 0 bridgehead atoms. The lowest BCUT2D eigenvalue weighted by Crippen LogP contribution is -2.37. The van der Waals surface area contributed by atoms with Crippen LogP contribution in [0.5, 0.6) is 5.75 Å². The van der Waals surface area contributed by atoms with Gasteiger partial charge in [0.2, 0.25) is 5.91 Å². The number of ether oxygens (including phenoxy) is 1. The van der Waals surface area contributed by atoms with Crippen molar-refractivity contribution in [3.8, 4) is 5.75 Å². The van der Waals surface area contributed by atoms with Gasteiger partial charge < -0.3 is 4.74 Å². The van der Waals surface area contributed by atoms with Gasteiger partial charge in [0.05, 0.1) is 24.5 Å². The second-order valence-electron chi connectivity index (χ2n) is 7.97. The van der Waals surface area contributed by atoms with Crippen molar-refractivity contribution >= 4 is 23.2 Å². The molecular formula is C26H24N2O4. The van der Waals surface area contributed by atoms with E-state index in [4.69, 9.17) is 9.57 Å². The lowest BCUT2D eigenvalue weighted by molar-refractivity contribution is -0.126. The standard InChI is InChI=1S/C26H24N2O4/c1-3-17-12-14-19(15-13-17)27-25(29)22-23(18-8-7-11-21(16-18)31-2)28(32-24(22)26(27)30)20-9-5-4-6-10-20/h4-16,22-24H,3H2,1-2H3/t22-,23+,24-/m0/s1. The van der Waals surface area contributed by atoms with E-state index < -0.39 is 18.1 Å². The number of rotatable bonds is 5. The third-order valence-electron chi connectivity index (χ3n) is 6.16. The zero-order valence-corrected chi connectivity index (χ0v) is 18.0. The van der Waals surface area contributed by atoms with Gasteiger partial charge in [-0.05, 0) is 53.9 Å². The number of hydroxylamine groups is 1. The Morgan fingerprint density at radius 2 is 1.62 bits per heavy atom. The van der Waals surface area contributed by atoms with E-state index in [1.807, 2.05) is 78.9 Å². The van der Waals surface area contributed by atoms with Crippen LogP contribution in [0.4, 0.5) is 11.4 Å². The number of amides is 2. The molecule has 0 N–H and O–H groups in total. The number of methoxy groups -OCH3 is 1. The maximum absolute atomic E-state index is 13.6. The van der Waals surface area contributed by atoms with Crippen molar-refractivity contribution < 1.29 is 19.2 Å². The first kappa shape index (κ1) is 20.3. The summed E-state index contributed by atoms with van der Waals surface area (Å²) >= 11 is 0. The molecule has 6 heteroatoms. The maximum atomic E-state index is 13.6. The fraction of sp³-hybridized carbons (Fsp3) is 0.231. The molecule has 5 rings (SSSR count). The first-order valence-electron chi connectivity index (χ1n) is 10.7. The van der Waals surface area contributed by atoms with E-state index in [0.717, 1.165) is 23.2 Å². The molecule has 0 radical (unpaired) electrons. The second-order valence-corrected chi connectivity index (χ2v) is 7.97. The maximum Gasteiger partial charge on any atom is 0.266 e. The minimum atomic E-state index is -0.884. The van der Waals surface area contributed by atoms with Crippen molar-refractivity contribution in [1.82, 2.24) is 0 Å². The number of fused-ring (bicyclic) bond motifs is 1. The van der Waals surface area contributed by atoms with Crippen LogP contribution in [0.2, 0.25) is 0 Å². The van der Waals surface area contributed by atoms with Crippen LogP contribution in [0, 0.1) is 5.92 Å². The Bertz CT molecular complexity index is 1150. The van der Waals surface area contributed by atoms with Gasteiger partial charge in [0, 0.05) is 0 Å².